The van der Waals surface area contributed by atoms with Gasteiger partial charge in [-0.25, -0.2) is 19.5 Å². The van der Waals surface area contributed by atoms with Crippen molar-refractivity contribution < 1.29 is 14.2 Å². The molecule has 1 aromatic carbocycles. The Hall–Kier alpha value is -4.40. The smallest absolute Gasteiger partial charge is 0.212 e. The summed E-state index contributed by atoms with van der Waals surface area (Å²) in [5.74, 6) is 3.02. The number of fused-ring (bicyclic) bond motifs is 2. The Kier molecular flexibility index (Phi) is 5.52. The van der Waals surface area contributed by atoms with E-state index in [4.69, 9.17) is 19.2 Å². The number of methoxy groups -OCH3 is 2. The summed E-state index contributed by atoms with van der Waals surface area (Å²) in [6.07, 6.45) is 13.6. The van der Waals surface area contributed by atoms with E-state index in [1.54, 1.807) is 20.4 Å². The Bertz CT molecular complexity index is 1520. The molecule has 6 rings (SSSR count). The van der Waals surface area contributed by atoms with E-state index in [0.717, 1.165) is 63.8 Å². The summed E-state index contributed by atoms with van der Waals surface area (Å²) in [4.78, 5) is 13.3. The molecule has 1 unspecified atom stereocenters. The SMILES string of the molecule is COc1ccc(C2CCc3cc(Cc4cnn5cc(-n6ccnc6C)cnc45)cc(OC)c3O2)cn1. The van der Waals surface area contributed by atoms with Crippen molar-refractivity contribution in [3.63, 3.8) is 0 Å². The summed E-state index contributed by atoms with van der Waals surface area (Å²) < 4.78 is 21.1. The number of aromatic nitrogens is 6. The molecule has 5 heterocycles. The standard InChI is InChI=1S/C27H26N6O3/c1-17-28-8-9-32(17)22-15-30-27-21(14-31-33(27)16-22)11-18-10-19-4-6-23(36-26(19)24(12-18)34-2)20-5-7-25(35-3)29-13-20/h5,7-10,12-16,23H,4,6,11H2,1-3H3. The van der Waals surface area contributed by atoms with Gasteiger partial charge >= 0.3 is 0 Å². The second-order valence-corrected chi connectivity index (χ2v) is 8.84. The van der Waals surface area contributed by atoms with E-state index >= 15 is 0 Å². The number of hydrogen-bond acceptors (Lipinski definition) is 7. The van der Waals surface area contributed by atoms with Gasteiger partial charge < -0.3 is 18.8 Å². The van der Waals surface area contributed by atoms with E-state index in [0.29, 0.717) is 12.3 Å². The minimum Gasteiger partial charge on any atom is -0.493 e. The van der Waals surface area contributed by atoms with Crippen LogP contribution in [-0.2, 0) is 12.8 Å². The summed E-state index contributed by atoms with van der Waals surface area (Å²) in [6.45, 7) is 1.96. The van der Waals surface area contributed by atoms with Crippen LogP contribution in [0.5, 0.6) is 17.4 Å². The molecule has 36 heavy (non-hydrogen) atoms. The molecule has 0 radical (unpaired) electrons. The molecule has 1 atom stereocenters. The maximum absolute atomic E-state index is 6.39. The van der Waals surface area contributed by atoms with Crippen LogP contribution in [0.15, 0.2) is 61.4 Å². The van der Waals surface area contributed by atoms with E-state index in [1.807, 2.05) is 65.2 Å². The lowest BCUT2D eigenvalue weighted by molar-refractivity contribution is 0.168. The average molecular weight is 483 g/mol. The summed E-state index contributed by atoms with van der Waals surface area (Å²) in [5, 5.41) is 4.55. The monoisotopic (exact) mass is 482 g/mol. The molecular formula is C27H26N6O3. The zero-order chi connectivity index (χ0) is 24.6. The van der Waals surface area contributed by atoms with Crippen molar-refractivity contribution in [2.75, 3.05) is 14.2 Å². The normalized spacial score (nSPS) is 14.9. The molecular weight excluding hydrogens is 456 g/mol. The first-order valence-electron chi connectivity index (χ1n) is 11.8. The topological polar surface area (TPSA) is 88.6 Å². The molecule has 0 saturated carbocycles. The molecule has 5 aromatic rings. The zero-order valence-electron chi connectivity index (χ0n) is 20.4. The first kappa shape index (κ1) is 22.1. The van der Waals surface area contributed by atoms with Gasteiger partial charge in [0.05, 0.1) is 38.5 Å². The van der Waals surface area contributed by atoms with Crippen molar-refractivity contribution in [2.45, 2.75) is 32.3 Å². The van der Waals surface area contributed by atoms with Crippen molar-refractivity contribution in [1.29, 1.82) is 0 Å². The first-order valence-corrected chi connectivity index (χ1v) is 11.8. The van der Waals surface area contributed by atoms with Crippen molar-refractivity contribution in [3.05, 3.63) is 89.5 Å². The van der Waals surface area contributed by atoms with Crippen LogP contribution in [0.3, 0.4) is 0 Å². The van der Waals surface area contributed by atoms with Crippen LogP contribution in [0.1, 0.15) is 40.6 Å². The van der Waals surface area contributed by atoms with Crippen LogP contribution in [-0.4, -0.2) is 43.4 Å². The second-order valence-electron chi connectivity index (χ2n) is 8.84. The first-order chi connectivity index (χ1) is 17.6. The molecule has 0 fully saturated rings. The van der Waals surface area contributed by atoms with Crippen LogP contribution in [0.25, 0.3) is 11.3 Å². The molecule has 0 amide bonds. The van der Waals surface area contributed by atoms with Gasteiger partial charge in [-0.15, -0.1) is 0 Å². The van der Waals surface area contributed by atoms with Crippen LogP contribution in [0.2, 0.25) is 0 Å². The molecule has 0 bridgehead atoms. The van der Waals surface area contributed by atoms with Gasteiger partial charge in [-0.05, 0) is 43.0 Å². The highest BCUT2D eigenvalue weighted by molar-refractivity contribution is 5.55. The Morgan fingerprint density at radius 3 is 2.72 bits per heavy atom. The van der Waals surface area contributed by atoms with E-state index in [2.05, 4.69) is 21.1 Å². The molecule has 9 heteroatoms. The average Bonchev–Trinajstić information content (AvgIpc) is 3.53. The van der Waals surface area contributed by atoms with Crippen LogP contribution < -0.4 is 14.2 Å². The fourth-order valence-corrected chi connectivity index (χ4v) is 4.76. The quantitative estimate of drug-likeness (QED) is 0.357. The fourth-order valence-electron chi connectivity index (χ4n) is 4.76. The van der Waals surface area contributed by atoms with Crippen molar-refractivity contribution in [1.82, 2.24) is 29.1 Å². The number of pyridine rings is 1. The lowest BCUT2D eigenvalue weighted by atomic mass is 9.95. The van der Waals surface area contributed by atoms with Gasteiger partial charge in [0.15, 0.2) is 17.1 Å². The van der Waals surface area contributed by atoms with Gasteiger partial charge in [-0.2, -0.15) is 5.10 Å². The van der Waals surface area contributed by atoms with Crippen LogP contribution in [0.4, 0.5) is 0 Å². The lowest BCUT2D eigenvalue weighted by Gasteiger charge is -2.28. The molecule has 0 spiro atoms. The maximum atomic E-state index is 6.39. The van der Waals surface area contributed by atoms with E-state index < -0.39 is 0 Å². The molecule has 182 valence electrons. The minimum absolute atomic E-state index is 0.0761. The summed E-state index contributed by atoms with van der Waals surface area (Å²) >= 11 is 0. The molecule has 0 aliphatic carbocycles. The molecule has 0 N–H and O–H groups in total. The summed E-state index contributed by atoms with van der Waals surface area (Å²) in [5.41, 5.74) is 6.09. The van der Waals surface area contributed by atoms with E-state index in [9.17, 15) is 0 Å². The molecule has 1 aliphatic rings. The van der Waals surface area contributed by atoms with Gasteiger partial charge in [0.2, 0.25) is 5.88 Å². The summed E-state index contributed by atoms with van der Waals surface area (Å²) in [6, 6.07) is 8.10. The van der Waals surface area contributed by atoms with Gasteiger partial charge in [-0.1, -0.05) is 6.07 Å². The number of hydrogen-bond donors (Lipinski definition) is 0. The van der Waals surface area contributed by atoms with Crippen molar-refractivity contribution >= 4 is 5.65 Å². The van der Waals surface area contributed by atoms with Gasteiger partial charge in [0.25, 0.3) is 0 Å². The maximum Gasteiger partial charge on any atom is 0.212 e. The molecule has 4 aromatic heterocycles. The van der Waals surface area contributed by atoms with E-state index in [1.165, 1.54) is 0 Å². The highest BCUT2D eigenvalue weighted by atomic mass is 16.5. The highest BCUT2D eigenvalue weighted by Crippen LogP contribution is 2.42. The van der Waals surface area contributed by atoms with Crippen molar-refractivity contribution in [2.24, 2.45) is 0 Å². The summed E-state index contributed by atoms with van der Waals surface area (Å²) in [7, 11) is 3.29. The second kappa shape index (κ2) is 8.99. The Morgan fingerprint density at radius 1 is 1.06 bits per heavy atom. The minimum atomic E-state index is -0.0761. The number of ether oxygens (including phenoxy) is 3. The number of benzene rings is 1. The zero-order valence-corrected chi connectivity index (χ0v) is 20.4. The predicted octanol–water partition coefficient (Wildman–Crippen LogP) is 4.29. The van der Waals surface area contributed by atoms with Crippen molar-refractivity contribution in [3.8, 4) is 23.1 Å². The molecule has 1 aliphatic heterocycles. The van der Waals surface area contributed by atoms with Crippen LogP contribution >= 0.6 is 0 Å². The predicted molar refractivity (Wildman–Crippen MR) is 133 cm³/mol. The van der Waals surface area contributed by atoms with Gasteiger partial charge in [0.1, 0.15) is 11.9 Å². The number of rotatable bonds is 6. The molecule has 0 saturated heterocycles. The van der Waals surface area contributed by atoms with E-state index in [-0.39, 0.29) is 6.10 Å². The van der Waals surface area contributed by atoms with Gasteiger partial charge in [-0.3, -0.25) is 0 Å². The third-order valence-corrected chi connectivity index (χ3v) is 6.60. The fraction of sp³-hybridized carbons (Fsp3) is 0.259. The number of aryl methyl sites for hydroxylation is 2. The van der Waals surface area contributed by atoms with Gasteiger partial charge in [0, 0.05) is 42.2 Å². The Labute approximate surface area is 208 Å². The molecule has 9 nitrogen and oxygen atoms in total. The third-order valence-electron chi connectivity index (χ3n) is 6.60. The Balaban J connectivity index is 1.26. The third kappa shape index (κ3) is 3.92. The van der Waals surface area contributed by atoms with Crippen LogP contribution in [0, 0.1) is 6.92 Å². The number of imidazole rings is 1. The number of nitrogens with zero attached hydrogens (tertiary/aromatic N) is 6. The largest absolute Gasteiger partial charge is 0.493 e. The lowest BCUT2D eigenvalue weighted by Crippen LogP contribution is -2.16. The highest BCUT2D eigenvalue weighted by Gasteiger charge is 2.25. The Morgan fingerprint density at radius 2 is 1.97 bits per heavy atom.